The van der Waals surface area contributed by atoms with Gasteiger partial charge in [-0.2, -0.15) is 0 Å². The van der Waals surface area contributed by atoms with Crippen molar-refractivity contribution in [3.05, 3.63) is 35.9 Å². The Morgan fingerprint density at radius 1 is 0.906 bits per heavy atom. The molecule has 4 atom stereocenters. The van der Waals surface area contributed by atoms with Crippen LogP contribution >= 0.6 is 0 Å². The molecule has 0 saturated heterocycles. The lowest BCUT2D eigenvalue weighted by Gasteiger charge is -2.24. The van der Waals surface area contributed by atoms with Crippen molar-refractivity contribution in [1.29, 1.82) is 0 Å². The van der Waals surface area contributed by atoms with Gasteiger partial charge < -0.3 is 37.0 Å². The Morgan fingerprint density at radius 3 is 2.00 bits per heavy atom. The van der Waals surface area contributed by atoms with E-state index in [1.54, 1.807) is 30.3 Å². The number of benzene rings is 1. The summed E-state index contributed by atoms with van der Waals surface area (Å²) in [4.78, 5) is 58.9. The van der Waals surface area contributed by atoms with Crippen molar-refractivity contribution in [1.82, 2.24) is 16.0 Å². The minimum Gasteiger partial charge on any atom is -0.481 e. The number of nitrogens with two attached hydrogens (primary N) is 1. The molecule has 0 aliphatic carbocycles. The van der Waals surface area contributed by atoms with Gasteiger partial charge in [-0.3, -0.25) is 24.0 Å². The summed E-state index contributed by atoms with van der Waals surface area (Å²) >= 11 is 0. The van der Waals surface area contributed by atoms with Gasteiger partial charge in [-0.1, -0.05) is 30.3 Å². The van der Waals surface area contributed by atoms with Crippen LogP contribution in [-0.2, 0) is 30.4 Å². The minimum absolute atomic E-state index is 0.0232. The van der Waals surface area contributed by atoms with E-state index in [9.17, 15) is 29.1 Å². The summed E-state index contributed by atoms with van der Waals surface area (Å²) in [6, 6.07) is 3.55. The first-order valence-corrected chi connectivity index (χ1v) is 9.81. The number of hydrogen-bond donors (Lipinski definition) is 7. The number of rotatable bonds is 13. The lowest BCUT2D eigenvalue weighted by molar-refractivity contribution is -0.142. The molecule has 0 fully saturated rings. The largest absolute Gasteiger partial charge is 0.481 e. The molecule has 12 nitrogen and oxygen atoms in total. The second kappa shape index (κ2) is 13.0. The number of nitrogens with one attached hydrogen (secondary N) is 3. The van der Waals surface area contributed by atoms with Gasteiger partial charge >= 0.3 is 11.9 Å². The maximum absolute atomic E-state index is 12.8. The summed E-state index contributed by atoms with van der Waals surface area (Å²) < 4.78 is 0. The molecule has 0 saturated carbocycles. The minimum atomic E-state index is -1.46. The van der Waals surface area contributed by atoms with Gasteiger partial charge in [-0.25, -0.2) is 0 Å². The van der Waals surface area contributed by atoms with Gasteiger partial charge in [0.25, 0.3) is 0 Å². The van der Waals surface area contributed by atoms with Crippen LogP contribution in [0.15, 0.2) is 30.3 Å². The Hall–Kier alpha value is -3.51. The van der Waals surface area contributed by atoms with Crippen molar-refractivity contribution >= 4 is 29.7 Å². The third-order valence-electron chi connectivity index (χ3n) is 4.47. The number of carboxylic acids is 2. The molecule has 1 rings (SSSR count). The predicted octanol–water partition coefficient (Wildman–Crippen LogP) is -2.03. The maximum atomic E-state index is 12.8. The molecule has 8 N–H and O–H groups in total. The number of aliphatic carboxylic acids is 2. The number of carbonyl (C=O) groups is 5. The van der Waals surface area contributed by atoms with E-state index in [2.05, 4.69) is 16.0 Å². The van der Waals surface area contributed by atoms with Gasteiger partial charge in [0, 0.05) is 12.8 Å². The van der Waals surface area contributed by atoms with Crippen LogP contribution in [0.4, 0.5) is 0 Å². The monoisotopic (exact) mass is 452 g/mol. The van der Waals surface area contributed by atoms with Gasteiger partial charge in [0.2, 0.25) is 17.7 Å². The lowest BCUT2D eigenvalue weighted by Crippen LogP contribution is -2.58. The van der Waals surface area contributed by atoms with E-state index < -0.39 is 60.4 Å². The van der Waals surface area contributed by atoms with Crippen molar-refractivity contribution < 1.29 is 39.3 Å². The van der Waals surface area contributed by atoms with Crippen LogP contribution in [0.5, 0.6) is 0 Å². The molecule has 3 amide bonds. The molecule has 1 aromatic rings. The SMILES string of the molecule is CC(NC(=O)C(CO)NC(=O)C(Cc1ccccc1)NC(=O)C(N)CCC(=O)O)C(=O)O. The molecule has 0 spiro atoms. The number of carbonyl (C=O) groups excluding carboxylic acids is 3. The first-order valence-electron chi connectivity index (χ1n) is 9.81. The summed E-state index contributed by atoms with van der Waals surface area (Å²) in [6.07, 6.45) is -0.455. The normalized spacial score (nSPS) is 14.3. The third kappa shape index (κ3) is 9.10. The van der Waals surface area contributed by atoms with Crippen LogP contribution in [0, 0.1) is 0 Å². The summed E-state index contributed by atoms with van der Waals surface area (Å²) in [5, 5.41) is 34.0. The second-order valence-electron chi connectivity index (χ2n) is 7.10. The van der Waals surface area contributed by atoms with E-state index in [0.29, 0.717) is 5.56 Å². The van der Waals surface area contributed by atoms with Crippen molar-refractivity contribution in [3.8, 4) is 0 Å². The Morgan fingerprint density at radius 2 is 1.47 bits per heavy atom. The van der Waals surface area contributed by atoms with Crippen LogP contribution in [0.3, 0.4) is 0 Å². The van der Waals surface area contributed by atoms with Crippen molar-refractivity contribution in [2.75, 3.05) is 6.61 Å². The lowest BCUT2D eigenvalue weighted by atomic mass is 10.0. The molecule has 4 unspecified atom stereocenters. The van der Waals surface area contributed by atoms with Crippen molar-refractivity contribution in [2.24, 2.45) is 5.73 Å². The average Bonchev–Trinajstić information content (AvgIpc) is 2.75. The van der Waals surface area contributed by atoms with Gasteiger partial charge in [0.05, 0.1) is 12.6 Å². The highest BCUT2D eigenvalue weighted by molar-refractivity contribution is 5.94. The first-order chi connectivity index (χ1) is 15.0. The summed E-state index contributed by atoms with van der Waals surface area (Å²) in [6.45, 7) is 0.404. The summed E-state index contributed by atoms with van der Waals surface area (Å²) in [5.74, 6) is -4.92. The number of amides is 3. The van der Waals surface area contributed by atoms with Crippen molar-refractivity contribution in [2.45, 2.75) is 50.4 Å². The topological polar surface area (TPSA) is 208 Å². The highest BCUT2D eigenvalue weighted by Gasteiger charge is 2.29. The zero-order chi connectivity index (χ0) is 24.3. The van der Waals surface area contributed by atoms with E-state index in [1.807, 2.05) is 0 Å². The van der Waals surface area contributed by atoms with E-state index in [-0.39, 0.29) is 19.3 Å². The Bertz CT molecular complexity index is 817. The number of aliphatic hydroxyl groups is 1. The van der Waals surface area contributed by atoms with E-state index in [4.69, 9.17) is 15.9 Å². The standard InChI is InChI=1S/C20H28N4O8/c1-11(20(31)32)22-19(30)15(10-25)24-18(29)14(9-12-5-3-2-4-6-12)23-17(28)13(21)7-8-16(26)27/h2-6,11,13-15,25H,7-10,21H2,1H3,(H,22,30)(H,23,28)(H,24,29)(H,26,27)(H,31,32). The van der Waals surface area contributed by atoms with Gasteiger partial charge in [-0.05, 0) is 18.9 Å². The first kappa shape index (κ1) is 26.5. The number of aliphatic hydroxyl groups excluding tert-OH is 1. The zero-order valence-electron chi connectivity index (χ0n) is 17.5. The molecule has 0 aliphatic rings. The van der Waals surface area contributed by atoms with Gasteiger partial charge in [-0.15, -0.1) is 0 Å². The van der Waals surface area contributed by atoms with Crippen LogP contribution in [-0.4, -0.2) is 75.8 Å². The molecule has 0 aromatic heterocycles. The molecular formula is C20H28N4O8. The molecule has 0 bridgehead atoms. The third-order valence-corrected chi connectivity index (χ3v) is 4.47. The Kier molecular flexibility index (Phi) is 10.8. The molecule has 176 valence electrons. The molecule has 1 aromatic carbocycles. The molecule has 0 aliphatic heterocycles. The van der Waals surface area contributed by atoms with Crippen LogP contribution in [0.1, 0.15) is 25.3 Å². The molecule has 0 heterocycles. The average molecular weight is 452 g/mol. The fourth-order valence-corrected chi connectivity index (χ4v) is 2.59. The van der Waals surface area contributed by atoms with E-state index in [0.717, 1.165) is 0 Å². The molecule has 12 heteroatoms. The van der Waals surface area contributed by atoms with Crippen LogP contribution in [0.25, 0.3) is 0 Å². The van der Waals surface area contributed by atoms with Gasteiger partial charge in [0.1, 0.15) is 18.1 Å². The quantitative estimate of drug-likeness (QED) is 0.176. The van der Waals surface area contributed by atoms with Crippen LogP contribution in [0.2, 0.25) is 0 Å². The summed E-state index contributed by atoms with van der Waals surface area (Å²) in [7, 11) is 0. The highest BCUT2D eigenvalue weighted by atomic mass is 16.4. The summed E-state index contributed by atoms with van der Waals surface area (Å²) in [5.41, 5.74) is 6.38. The molecular weight excluding hydrogens is 424 g/mol. The fraction of sp³-hybridized carbons (Fsp3) is 0.450. The number of carboxylic acid groups (broad SMARTS) is 2. The van der Waals surface area contributed by atoms with E-state index in [1.165, 1.54) is 6.92 Å². The predicted molar refractivity (Wildman–Crippen MR) is 111 cm³/mol. The van der Waals surface area contributed by atoms with E-state index >= 15 is 0 Å². The number of hydrogen-bond acceptors (Lipinski definition) is 7. The van der Waals surface area contributed by atoms with Gasteiger partial charge in [0.15, 0.2) is 0 Å². The fourth-order valence-electron chi connectivity index (χ4n) is 2.59. The Labute approximate surface area is 184 Å². The smallest absolute Gasteiger partial charge is 0.325 e. The molecule has 0 radical (unpaired) electrons. The Balaban J connectivity index is 2.93. The van der Waals surface area contributed by atoms with Crippen LogP contribution < -0.4 is 21.7 Å². The highest BCUT2D eigenvalue weighted by Crippen LogP contribution is 2.05. The van der Waals surface area contributed by atoms with Crippen molar-refractivity contribution in [3.63, 3.8) is 0 Å². The zero-order valence-corrected chi connectivity index (χ0v) is 17.5. The maximum Gasteiger partial charge on any atom is 0.325 e. The second-order valence-corrected chi connectivity index (χ2v) is 7.10. The molecule has 32 heavy (non-hydrogen) atoms.